The van der Waals surface area contributed by atoms with Gasteiger partial charge in [-0.3, -0.25) is 4.79 Å². The Labute approximate surface area is 139 Å². The first-order chi connectivity index (χ1) is 11.5. The predicted molar refractivity (Wildman–Crippen MR) is 91.7 cm³/mol. The molecule has 1 heterocycles. The van der Waals surface area contributed by atoms with E-state index in [4.69, 9.17) is 5.73 Å². The van der Waals surface area contributed by atoms with Gasteiger partial charge in [0.2, 0.25) is 5.91 Å². The molecule has 0 aliphatic carbocycles. The molecule has 7 heteroatoms. The molecule has 3 aromatic rings. The lowest BCUT2D eigenvalue weighted by Crippen LogP contribution is -2.31. The molecule has 0 unspecified atom stereocenters. The summed E-state index contributed by atoms with van der Waals surface area (Å²) < 4.78 is 26.6. The van der Waals surface area contributed by atoms with Crippen LogP contribution in [0.3, 0.4) is 0 Å². The Kier molecular flexibility index (Phi) is 4.37. The highest BCUT2D eigenvalue weighted by Crippen LogP contribution is 2.15. The number of hydrogen-bond acceptors (Lipinski definition) is 4. The second kappa shape index (κ2) is 6.46. The van der Waals surface area contributed by atoms with E-state index in [-0.39, 0.29) is 11.3 Å². The molecule has 0 aliphatic heterocycles. The molecule has 0 bridgehead atoms. The lowest BCUT2D eigenvalue weighted by Gasteiger charge is -2.08. The number of sulfonamides is 1. The fourth-order valence-corrected chi connectivity index (χ4v) is 3.42. The van der Waals surface area contributed by atoms with Crippen molar-refractivity contribution in [2.75, 3.05) is 0 Å². The first-order valence-electron chi connectivity index (χ1n) is 7.38. The molecule has 4 N–H and O–H groups in total. The van der Waals surface area contributed by atoms with Crippen molar-refractivity contribution in [3.63, 3.8) is 0 Å². The van der Waals surface area contributed by atoms with Crippen molar-refractivity contribution >= 4 is 26.8 Å². The summed E-state index contributed by atoms with van der Waals surface area (Å²) in [5, 5.41) is 1.03. The monoisotopic (exact) mass is 343 g/mol. The first kappa shape index (κ1) is 16.2. The van der Waals surface area contributed by atoms with Gasteiger partial charge in [0.25, 0.3) is 10.0 Å². The molecular weight excluding hydrogens is 326 g/mol. The maximum absolute atomic E-state index is 12.2. The third-order valence-corrected chi connectivity index (χ3v) is 5.09. The molecule has 0 saturated carbocycles. The van der Waals surface area contributed by atoms with Crippen molar-refractivity contribution in [2.24, 2.45) is 5.73 Å². The number of H-pyrrole nitrogens is 1. The van der Waals surface area contributed by atoms with Gasteiger partial charge in [0, 0.05) is 18.3 Å². The minimum Gasteiger partial charge on any atom is -0.361 e. The van der Waals surface area contributed by atoms with Crippen LogP contribution in [-0.4, -0.2) is 19.3 Å². The summed E-state index contributed by atoms with van der Waals surface area (Å²) in [6, 6.07) is 13.6. The smallest absolute Gasteiger partial charge is 0.264 e. The van der Waals surface area contributed by atoms with Gasteiger partial charge in [-0.1, -0.05) is 24.3 Å². The zero-order valence-corrected chi connectivity index (χ0v) is 13.6. The summed E-state index contributed by atoms with van der Waals surface area (Å²) >= 11 is 0. The van der Waals surface area contributed by atoms with Crippen LogP contribution in [0.4, 0.5) is 0 Å². The Morgan fingerprint density at radius 2 is 1.75 bits per heavy atom. The third kappa shape index (κ3) is 3.47. The van der Waals surface area contributed by atoms with Gasteiger partial charge in [-0.25, -0.2) is 13.1 Å². The Morgan fingerprint density at radius 1 is 1.04 bits per heavy atom. The van der Waals surface area contributed by atoms with Crippen molar-refractivity contribution in [1.29, 1.82) is 0 Å². The van der Waals surface area contributed by atoms with Gasteiger partial charge in [-0.2, -0.15) is 0 Å². The lowest BCUT2D eigenvalue weighted by atomic mass is 10.1. The molecule has 124 valence electrons. The third-order valence-electron chi connectivity index (χ3n) is 3.70. The molecule has 0 radical (unpaired) electrons. The van der Waals surface area contributed by atoms with E-state index in [1.165, 1.54) is 12.1 Å². The second-order valence-electron chi connectivity index (χ2n) is 5.45. The minimum atomic E-state index is -3.88. The van der Waals surface area contributed by atoms with Crippen molar-refractivity contribution in [3.05, 3.63) is 65.9 Å². The number of amides is 1. The van der Waals surface area contributed by atoms with E-state index in [1.807, 2.05) is 24.4 Å². The van der Waals surface area contributed by atoms with Crippen LogP contribution >= 0.6 is 0 Å². The van der Waals surface area contributed by atoms with Crippen LogP contribution in [0.15, 0.2) is 59.6 Å². The maximum Gasteiger partial charge on any atom is 0.264 e. The second-order valence-corrected chi connectivity index (χ2v) is 7.14. The zero-order chi connectivity index (χ0) is 17.2. The largest absolute Gasteiger partial charge is 0.361 e. The quantitative estimate of drug-likeness (QED) is 0.655. The number of nitrogens with one attached hydrogen (secondary N) is 2. The average molecular weight is 343 g/mol. The van der Waals surface area contributed by atoms with Crippen LogP contribution in [0.1, 0.15) is 11.1 Å². The highest BCUT2D eigenvalue weighted by atomic mass is 32.2. The number of hydrogen-bond donors (Lipinski definition) is 3. The summed E-state index contributed by atoms with van der Waals surface area (Å²) in [5.41, 5.74) is 7.94. The maximum atomic E-state index is 12.2. The Balaban J connectivity index is 1.72. The van der Waals surface area contributed by atoms with Gasteiger partial charge < -0.3 is 10.7 Å². The molecule has 0 atom stereocenters. The SMILES string of the molecule is NCc1ccc(S(=O)(=O)NC(=O)Cc2ccc3cc[nH]c3c2)cc1. The molecule has 0 spiro atoms. The van der Waals surface area contributed by atoms with Gasteiger partial charge in [0.05, 0.1) is 11.3 Å². The van der Waals surface area contributed by atoms with Gasteiger partial charge in [-0.15, -0.1) is 0 Å². The van der Waals surface area contributed by atoms with Crippen LogP contribution in [0.25, 0.3) is 10.9 Å². The van der Waals surface area contributed by atoms with E-state index in [0.717, 1.165) is 22.0 Å². The van der Waals surface area contributed by atoms with Crippen LogP contribution in [0, 0.1) is 0 Å². The summed E-state index contributed by atoms with van der Waals surface area (Å²) in [5.74, 6) is -0.580. The Bertz CT molecular complexity index is 976. The molecule has 0 aliphatic rings. The molecule has 24 heavy (non-hydrogen) atoms. The number of carbonyl (C=O) groups is 1. The summed E-state index contributed by atoms with van der Waals surface area (Å²) in [4.78, 5) is 15.2. The van der Waals surface area contributed by atoms with Gasteiger partial charge >= 0.3 is 0 Å². The first-order valence-corrected chi connectivity index (χ1v) is 8.87. The van der Waals surface area contributed by atoms with Gasteiger partial charge in [0.1, 0.15) is 0 Å². The van der Waals surface area contributed by atoms with E-state index in [0.29, 0.717) is 6.54 Å². The van der Waals surface area contributed by atoms with Crippen molar-refractivity contribution in [1.82, 2.24) is 9.71 Å². The highest BCUT2D eigenvalue weighted by Gasteiger charge is 2.17. The molecular formula is C17H17N3O3S. The lowest BCUT2D eigenvalue weighted by molar-refractivity contribution is -0.118. The van der Waals surface area contributed by atoms with E-state index in [1.54, 1.807) is 18.2 Å². The Morgan fingerprint density at radius 3 is 2.46 bits per heavy atom. The molecule has 1 aromatic heterocycles. The van der Waals surface area contributed by atoms with Crippen LogP contribution in [0.2, 0.25) is 0 Å². The number of rotatable bonds is 5. The Hall–Kier alpha value is -2.64. The predicted octanol–water partition coefficient (Wildman–Crippen LogP) is 1.67. The van der Waals surface area contributed by atoms with E-state index >= 15 is 0 Å². The van der Waals surface area contributed by atoms with Crippen LogP contribution < -0.4 is 10.5 Å². The number of nitrogens with two attached hydrogens (primary N) is 1. The average Bonchev–Trinajstić information content (AvgIpc) is 3.02. The van der Waals surface area contributed by atoms with Crippen LogP contribution in [-0.2, 0) is 27.8 Å². The normalized spacial score (nSPS) is 11.5. The van der Waals surface area contributed by atoms with E-state index in [9.17, 15) is 13.2 Å². The van der Waals surface area contributed by atoms with E-state index < -0.39 is 15.9 Å². The molecule has 0 fully saturated rings. The number of carbonyl (C=O) groups excluding carboxylic acids is 1. The number of aromatic nitrogens is 1. The summed E-state index contributed by atoms with van der Waals surface area (Å²) in [6.45, 7) is 0.327. The van der Waals surface area contributed by atoms with Crippen molar-refractivity contribution < 1.29 is 13.2 Å². The van der Waals surface area contributed by atoms with Gasteiger partial charge in [-0.05, 0) is 40.8 Å². The topological polar surface area (TPSA) is 105 Å². The fraction of sp³-hybridized carbons (Fsp3) is 0.118. The number of aromatic amines is 1. The molecule has 6 nitrogen and oxygen atoms in total. The number of benzene rings is 2. The molecule has 0 saturated heterocycles. The fourth-order valence-electron chi connectivity index (χ4n) is 2.44. The standard InChI is InChI=1S/C17H17N3O3S/c18-11-12-2-5-15(6-3-12)24(22,23)20-17(21)10-13-1-4-14-7-8-19-16(14)9-13/h1-9,19H,10-11,18H2,(H,20,21). The summed E-state index contributed by atoms with van der Waals surface area (Å²) in [6.07, 6.45) is 1.79. The molecule has 3 rings (SSSR count). The molecule has 2 aromatic carbocycles. The van der Waals surface area contributed by atoms with Gasteiger partial charge in [0.15, 0.2) is 0 Å². The molecule has 1 amide bonds. The zero-order valence-electron chi connectivity index (χ0n) is 12.8. The van der Waals surface area contributed by atoms with Crippen molar-refractivity contribution in [2.45, 2.75) is 17.9 Å². The summed E-state index contributed by atoms with van der Waals surface area (Å²) in [7, 11) is -3.88. The van der Waals surface area contributed by atoms with Crippen LogP contribution in [0.5, 0.6) is 0 Å². The number of fused-ring (bicyclic) bond motifs is 1. The minimum absolute atomic E-state index is 0.0188. The van der Waals surface area contributed by atoms with E-state index in [2.05, 4.69) is 9.71 Å². The van der Waals surface area contributed by atoms with Crippen molar-refractivity contribution in [3.8, 4) is 0 Å². The highest BCUT2D eigenvalue weighted by molar-refractivity contribution is 7.90.